The van der Waals surface area contributed by atoms with E-state index in [9.17, 15) is 28.3 Å². The fourth-order valence-corrected chi connectivity index (χ4v) is 5.32. The van der Waals surface area contributed by atoms with Crippen LogP contribution in [0.1, 0.15) is 16.7 Å². The number of hydrazine groups is 1. The number of urea groups is 1. The predicted octanol–water partition coefficient (Wildman–Crippen LogP) is 1.11. The van der Waals surface area contributed by atoms with Crippen LogP contribution in [-0.2, 0) is 29.1 Å². The lowest BCUT2D eigenvalue weighted by Gasteiger charge is -2.54. The molecule has 3 aromatic carbocycles. The van der Waals surface area contributed by atoms with Crippen LogP contribution in [0.5, 0.6) is 5.75 Å². The Balaban J connectivity index is 1.46. The van der Waals surface area contributed by atoms with Crippen LogP contribution in [0.4, 0.5) is 13.6 Å². The highest BCUT2D eigenvalue weighted by atomic mass is 19.1. The van der Waals surface area contributed by atoms with Crippen molar-refractivity contribution >= 4 is 31.2 Å². The molecule has 0 radical (unpaired) electrons. The van der Waals surface area contributed by atoms with Crippen molar-refractivity contribution in [3.63, 3.8) is 0 Å². The lowest BCUT2D eigenvalue weighted by atomic mass is 9.95. The van der Waals surface area contributed by atoms with E-state index in [1.54, 1.807) is 19.2 Å². The highest BCUT2D eigenvalue weighted by Gasteiger charge is 2.50. The van der Waals surface area contributed by atoms with Gasteiger partial charge in [-0.3, -0.25) is 9.59 Å². The van der Waals surface area contributed by atoms with Gasteiger partial charge in [0, 0.05) is 38.2 Å². The number of nitrogens with zero attached hydrogens (tertiary/aromatic N) is 4. The Morgan fingerprint density at radius 3 is 2.39 bits per heavy atom. The minimum Gasteiger partial charge on any atom is -0.508 e. The second-order valence-corrected chi connectivity index (χ2v) is 10.4. The number of hydrogen-bond acceptors (Lipinski definition) is 5. The van der Waals surface area contributed by atoms with Crippen molar-refractivity contribution < 1.29 is 28.3 Å². The molecule has 2 aliphatic heterocycles. The van der Waals surface area contributed by atoms with Gasteiger partial charge in [-0.2, -0.15) is 0 Å². The van der Waals surface area contributed by atoms with Crippen molar-refractivity contribution in [1.29, 1.82) is 0 Å². The van der Waals surface area contributed by atoms with Gasteiger partial charge >= 0.3 is 6.03 Å². The van der Waals surface area contributed by atoms with E-state index in [2.05, 4.69) is 5.32 Å². The molecule has 0 aliphatic carbocycles. The van der Waals surface area contributed by atoms with Crippen LogP contribution >= 0.6 is 0 Å². The monoisotopic (exact) mass is 561 g/mol. The number of piperazine rings is 1. The standard InChI is InChI=1S/C29H30BF2N5O4/c1-34-17-27(39)36-25(12-18-4-10-23(38)11-5-18)28(40)35(15-20-6-9-22(31)13-24(20)32)16-26(36)37(34)29(41)33-14-19-2-7-21(30)8-3-19/h2-11,13,25-26,38H,12,14-17,30H2,1H3,(H,33,41)/t25-,26-/m0/s1. The zero-order chi connectivity index (χ0) is 29.3. The van der Waals surface area contributed by atoms with Gasteiger partial charge in [0.25, 0.3) is 0 Å². The van der Waals surface area contributed by atoms with Gasteiger partial charge in [-0.05, 0) is 29.3 Å². The Hall–Kier alpha value is -4.45. The van der Waals surface area contributed by atoms with Crippen LogP contribution in [0.25, 0.3) is 0 Å². The molecule has 2 atom stereocenters. The van der Waals surface area contributed by atoms with Gasteiger partial charge in [0.1, 0.15) is 37.4 Å². The number of carbonyl (C=O) groups excluding carboxylic acids is 3. The Bertz CT molecular complexity index is 1460. The summed E-state index contributed by atoms with van der Waals surface area (Å²) in [6.45, 7) is -0.112. The maximum atomic E-state index is 14.6. The SMILES string of the molecule is Bc1ccc(CNC(=O)N2[C@H]3CN(Cc4ccc(F)cc4F)C(=O)[C@H](Cc4ccc(O)cc4)N3C(=O)CN2C)cc1. The van der Waals surface area contributed by atoms with Gasteiger partial charge in [0.2, 0.25) is 11.8 Å². The largest absolute Gasteiger partial charge is 0.508 e. The molecule has 12 heteroatoms. The molecule has 0 bridgehead atoms. The zero-order valence-electron chi connectivity index (χ0n) is 22.8. The molecular weight excluding hydrogens is 531 g/mol. The molecule has 0 unspecified atom stereocenters. The van der Waals surface area contributed by atoms with Gasteiger partial charge in [0.05, 0.1) is 13.1 Å². The molecule has 2 saturated heterocycles. The van der Waals surface area contributed by atoms with E-state index in [1.807, 2.05) is 32.1 Å². The minimum absolute atomic E-state index is 0.0575. The Kier molecular flexibility index (Phi) is 7.93. The zero-order valence-corrected chi connectivity index (χ0v) is 22.8. The molecule has 2 heterocycles. The first-order valence-corrected chi connectivity index (χ1v) is 13.3. The summed E-state index contributed by atoms with van der Waals surface area (Å²) in [7, 11) is 3.59. The summed E-state index contributed by atoms with van der Waals surface area (Å²) < 4.78 is 28.2. The summed E-state index contributed by atoms with van der Waals surface area (Å²) in [5, 5.41) is 15.5. The topological polar surface area (TPSA) is 96.4 Å². The number of fused-ring (bicyclic) bond motifs is 1. The first kappa shape index (κ1) is 28.1. The quantitative estimate of drug-likeness (QED) is 0.440. The summed E-state index contributed by atoms with van der Waals surface area (Å²) in [6.07, 6.45) is -0.755. The second-order valence-electron chi connectivity index (χ2n) is 10.4. The minimum atomic E-state index is -0.990. The average molecular weight is 561 g/mol. The summed E-state index contributed by atoms with van der Waals surface area (Å²) in [6, 6.07) is 15.7. The molecule has 0 spiro atoms. The average Bonchev–Trinajstić information content (AvgIpc) is 2.93. The third-order valence-electron chi connectivity index (χ3n) is 7.45. The first-order valence-electron chi connectivity index (χ1n) is 13.3. The van der Waals surface area contributed by atoms with E-state index < -0.39 is 35.8 Å². The van der Waals surface area contributed by atoms with Gasteiger partial charge in [-0.1, -0.05) is 47.9 Å². The fraction of sp³-hybridized carbons (Fsp3) is 0.276. The Morgan fingerprint density at radius 2 is 1.71 bits per heavy atom. The molecule has 2 N–H and O–H groups in total. The molecule has 3 aromatic rings. The molecular formula is C29H30BF2N5O4. The lowest BCUT2D eigenvalue weighted by Crippen LogP contribution is -2.76. The first-order chi connectivity index (χ1) is 19.6. The molecule has 0 saturated carbocycles. The number of phenolic OH excluding ortho intramolecular Hbond substituents is 1. The van der Waals surface area contributed by atoms with Crippen molar-refractivity contribution in [3.8, 4) is 5.75 Å². The smallest absolute Gasteiger partial charge is 0.334 e. The summed E-state index contributed by atoms with van der Waals surface area (Å²) in [5.74, 6) is -2.22. The highest BCUT2D eigenvalue weighted by molar-refractivity contribution is 6.32. The van der Waals surface area contributed by atoms with Crippen LogP contribution < -0.4 is 10.8 Å². The van der Waals surface area contributed by atoms with Crippen molar-refractivity contribution in [3.05, 3.63) is 95.1 Å². The van der Waals surface area contributed by atoms with E-state index in [0.717, 1.165) is 23.2 Å². The van der Waals surface area contributed by atoms with Gasteiger partial charge in [-0.25, -0.2) is 23.6 Å². The van der Waals surface area contributed by atoms with E-state index in [1.165, 1.54) is 38.0 Å². The fourth-order valence-electron chi connectivity index (χ4n) is 5.32. The Labute approximate surface area is 237 Å². The summed E-state index contributed by atoms with van der Waals surface area (Å²) >= 11 is 0. The van der Waals surface area contributed by atoms with Crippen molar-refractivity contribution in [1.82, 2.24) is 25.1 Å². The number of nitrogens with one attached hydrogen (secondary N) is 1. The van der Waals surface area contributed by atoms with Crippen molar-refractivity contribution in [2.45, 2.75) is 31.7 Å². The van der Waals surface area contributed by atoms with E-state index in [4.69, 9.17) is 0 Å². The maximum Gasteiger partial charge on any atom is 0.334 e. The van der Waals surface area contributed by atoms with Crippen molar-refractivity contribution in [2.24, 2.45) is 0 Å². The summed E-state index contributed by atoms with van der Waals surface area (Å²) in [4.78, 5) is 43.6. The van der Waals surface area contributed by atoms with Gasteiger partial charge in [0.15, 0.2) is 0 Å². The predicted molar refractivity (Wildman–Crippen MR) is 149 cm³/mol. The third-order valence-corrected chi connectivity index (χ3v) is 7.45. The summed E-state index contributed by atoms with van der Waals surface area (Å²) in [5.41, 5.74) is 2.79. The number of benzene rings is 3. The van der Waals surface area contributed by atoms with Gasteiger partial charge < -0.3 is 20.2 Å². The van der Waals surface area contributed by atoms with E-state index >= 15 is 0 Å². The third kappa shape index (κ3) is 6.02. The van der Waals surface area contributed by atoms with Crippen LogP contribution in [-0.4, -0.2) is 83.0 Å². The molecule has 4 amide bonds. The van der Waals surface area contributed by atoms with E-state index in [0.29, 0.717) is 5.56 Å². The van der Waals surface area contributed by atoms with Crippen molar-refractivity contribution in [2.75, 3.05) is 20.1 Å². The number of hydrogen-bond donors (Lipinski definition) is 2. The number of aromatic hydroxyl groups is 1. The van der Waals surface area contributed by atoms with Crippen LogP contribution in [0.15, 0.2) is 66.7 Å². The molecule has 5 rings (SSSR count). The Morgan fingerprint density at radius 1 is 1.02 bits per heavy atom. The molecule has 212 valence electrons. The normalized spacial score (nSPS) is 19.3. The molecule has 2 aliphatic rings. The molecule has 9 nitrogen and oxygen atoms in total. The lowest BCUT2D eigenvalue weighted by molar-refractivity contribution is -0.187. The second kappa shape index (κ2) is 11.6. The number of amides is 4. The molecule has 41 heavy (non-hydrogen) atoms. The number of carbonyl (C=O) groups is 3. The maximum absolute atomic E-state index is 14.6. The number of phenols is 1. The van der Waals surface area contributed by atoms with Crippen LogP contribution in [0, 0.1) is 11.6 Å². The van der Waals surface area contributed by atoms with Gasteiger partial charge in [-0.15, -0.1) is 0 Å². The molecule has 2 fully saturated rings. The highest BCUT2D eigenvalue weighted by Crippen LogP contribution is 2.29. The number of halogens is 2. The number of likely N-dealkylation sites (N-methyl/N-ethyl adjacent to an activating group) is 1. The van der Waals surface area contributed by atoms with E-state index in [-0.39, 0.29) is 49.8 Å². The number of rotatable bonds is 6. The van der Waals surface area contributed by atoms with Crippen LogP contribution in [0.3, 0.4) is 0 Å². The van der Waals surface area contributed by atoms with Crippen LogP contribution in [0.2, 0.25) is 0 Å². The molecule has 0 aromatic heterocycles.